The van der Waals surface area contributed by atoms with E-state index in [0.717, 1.165) is 24.2 Å². The molecule has 28 heavy (non-hydrogen) atoms. The topological polar surface area (TPSA) is 75.5 Å². The molecule has 2 aliphatic carbocycles. The van der Waals surface area contributed by atoms with Gasteiger partial charge in [0.2, 0.25) is 11.6 Å². The van der Waals surface area contributed by atoms with Crippen molar-refractivity contribution in [1.82, 2.24) is 15.0 Å². The molecule has 0 unspecified atom stereocenters. The number of nitrogens with zero attached hydrogens (tertiary/aromatic N) is 3. The van der Waals surface area contributed by atoms with Gasteiger partial charge in [-0.15, -0.1) is 5.10 Å². The van der Waals surface area contributed by atoms with Crippen LogP contribution in [0.15, 0.2) is 24.3 Å². The normalized spacial score (nSPS) is 18.1. The average Bonchev–Trinajstić information content (AvgIpc) is 3.36. The first-order valence-electron chi connectivity index (χ1n) is 10.0. The second-order valence-electron chi connectivity index (χ2n) is 7.79. The summed E-state index contributed by atoms with van der Waals surface area (Å²) < 4.78 is 18.3. The van der Waals surface area contributed by atoms with Crippen molar-refractivity contribution in [3.8, 4) is 11.6 Å². The molecule has 7 heteroatoms. The lowest BCUT2D eigenvalue weighted by Crippen LogP contribution is -2.26. The fourth-order valence-corrected chi connectivity index (χ4v) is 3.91. The lowest BCUT2D eigenvalue weighted by atomic mass is 9.85. The Balaban J connectivity index is 1.53. The maximum Gasteiger partial charge on any atom is 0.364 e. The van der Waals surface area contributed by atoms with Gasteiger partial charge in [-0.2, -0.15) is 0 Å². The lowest BCUT2D eigenvalue weighted by Gasteiger charge is -2.28. The highest BCUT2D eigenvalue weighted by atomic mass is 16.5. The molecule has 1 heterocycles. The van der Waals surface area contributed by atoms with Crippen LogP contribution in [-0.2, 0) is 11.3 Å². The Bertz CT molecular complexity index is 817. The highest BCUT2D eigenvalue weighted by Gasteiger charge is 2.45. The van der Waals surface area contributed by atoms with E-state index in [0.29, 0.717) is 17.8 Å². The molecule has 2 aliphatic rings. The molecule has 0 amide bonds. The number of carbonyl (C=O) groups is 1. The SMILES string of the molecule is CCOC(=O)c1nnn(Cc2ccc(OC)cc2)c1OC1CCC2(CC1)CC2. The van der Waals surface area contributed by atoms with E-state index in [1.807, 2.05) is 24.3 Å². The van der Waals surface area contributed by atoms with Crippen molar-refractivity contribution < 1.29 is 19.0 Å². The molecule has 2 fully saturated rings. The molecule has 0 saturated heterocycles. The molecule has 1 aromatic carbocycles. The number of benzene rings is 1. The second kappa shape index (κ2) is 7.81. The van der Waals surface area contributed by atoms with Crippen LogP contribution in [0.2, 0.25) is 0 Å². The first kappa shape index (κ1) is 18.8. The zero-order chi connectivity index (χ0) is 19.6. The number of ether oxygens (including phenoxy) is 3. The minimum Gasteiger partial charge on any atom is -0.497 e. The summed E-state index contributed by atoms with van der Waals surface area (Å²) in [7, 11) is 1.64. The van der Waals surface area contributed by atoms with Crippen LogP contribution in [0.1, 0.15) is 61.5 Å². The number of hydrogen-bond acceptors (Lipinski definition) is 6. The molecule has 7 nitrogen and oxygen atoms in total. The van der Waals surface area contributed by atoms with Gasteiger partial charge in [-0.05, 0) is 68.6 Å². The van der Waals surface area contributed by atoms with Gasteiger partial charge >= 0.3 is 5.97 Å². The fraction of sp³-hybridized carbons (Fsp3) is 0.571. The van der Waals surface area contributed by atoms with Gasteiger partial charge in [-0.3, -0.25) is 0 Å². The van der Waals surface area contributed by atoms with Crippen molar-refractivity contribution in [2.45, 2.75) is 58.1 Å². The molecule has 0 bridgehead atoms. The summed E-state index contributed by atoms with van der Waals surface area (Å²) in [6, 6.07) is 7.72. The molecular weight excluding hydrogens is 358 g/mol. The van der Waals surface area contributed by atoms with Crippen LogP contribution in [-0.4, -0.2) is 40.8 Å². The van der Waals surface area contributed by atoms with Gasteiger partial charge in [0.1, 0.15) is 11.9 Å². The van der Waals surface area contributed by atoms with Crippen LogP contribution in [0.3, 0.4) is 0 Å². The van der Waals surface area contributed by atoms with Crippen LogP contribution in [0.4, 0.5) is 0 Å². The molecule has 0 N–H and O–H groups in total. The third-order valence-corrected chi connectivity index (χ3v) is 5.88. The number of rotatable bonds is 7. The van der Waals surface area contributed by atoms with Crippen molar-refractivity contribution in [2.24, 2.45) is 5.41 Å². The summed E-state index contributed by atoms with van der Waals surface area (Å²) in [6.07, 6.45) is 7.22. The van der Waals surface area contributed by atoms with Crippen LogP contribution in [0, 0.1) is 5.41 Å². The average molecular weight is 385 g/mol. The van der Waals surface area contributed by atoms with Crippen molar-refractivity contribution in [3.05, 3.63) is 35.5 Å². The van der Waals surface area contributed by atoms with Crippen LogP contribution in [0.25, 0.3) is 0 Å². The first-order chi connectivity index (χ1) is 13.6. The smallest absolute Gasteiger partial charge is 0.364 e. The Morgan fingerprint density at radius 2 is 1.89 bits per heavy atom. The Morgan fingerprint density at radius 1 is 1.18 bits per heavy atom. The molecule has 0 radical (unpaired) electrons. The van der Waals surface area contributed by atoms with Crippen molar-refractivity contribution >= 4 is 5.97 Å². The zero-order valence-corrected chi connectivity index (χ0v) is 16.5. The molecular formula is C21H27N3O4. The van der Waals surface area contributed by atoms with Gasteiger partial charge in [-0.25, -0.2) is 9.48 Å². The number of methoxy groups -OCH3 is 1. The predicted molar refractivity (Wildman–Crippen MR) is 103 cm³/mol. The van der Waals surface area contributed by atoms with Crippen molar-refractivity contribution in [2.75, 3.05) is 13.7 Å². The third-order valence-electron chi connectivity index (χ3n) is 5.88. The molecule has 2 aromatic rings. The Morgan fingerprint density at radius 3 is 2.50 bits per heavy atom. The minimum atomic E-state index is -0.493. The summed E-state index contributed by atoms with van der Waals surface area (Å²) in [5, 5.41) is 8.23. The highest BCUT2D eigenvalue weighted by Crippen LogP contribution is 2.56. The van der Waals surface area contributed by atoms with E-state index >= 15 is 0 Å². The maximum absolute atomic E-state index is 12.3. The molecule has 1 spiro atoms. The Labute approximate surface area is 165 Å². The van der Waals surface area contributed by atoms with E-state index in [-0.39, 0.29) is 18.4 Å². The Kier molecular flexibility index (Phi) is 5.24. The van der Waals surface area contributed by atoms with E-state index in [1.54, 1.807) is 18.7 Å². The summed E-state index contributed by atoms with van der Waals surface area (Å²) in [4.78, 5) is 12.3. The summed E-state index contributed by atoms with van der Waals surface area (Å²) in [5.74, 6) is 0.709. The third kappa shape index (κ3) is 3.98. The molecule has 0 atom stereocenters. The number of esters is 1. The van der Waals surface area contributed by atoms with Crippen LogP contribution in [0.5, 0.6) is 11.6 Å². The van der Waals surface area contributed by atoms with Crippen LogP contribution < -0.4 is 9.47 Å². The van der Waals surface area contributed by atoms with E-state index in [4.69, 9.17) is 14.2 Å². The van der Waals surface area contributed by atoms with E-state index in [1.165, 1.54) is 25.7 Å². The quantitative estimate of drug-likeness (QED) is 0.678. The monoisotopic (exact) mass is 385 g/mol. The second-order valence-corrected chi connectivity index (χ2v) is 7.79. The number of hydrogen-bond donors (Lipinski definition) is 0. The molecule has 2 saturated carbocycles. The van der Waals surface area contributed by atoms with E-state index in [9.17, 15) is 4.79 Å². The Hall–Kier alpha value is -2.57. The zero-order valence-electron chi connectivity index (χ0n) is 16.5. The van der Waals surface area contributed by atoms with Gasteiger partial charge in [0.25, 0.3) is 0 Å². The first-order valence-corrected chi connectivity index (χ1v) is 10.0. The van der Waals surface area contributed by atoms with Gasteiger partial charge in [0.05, 0.1) is 20.3 Å². The predicted octanol–water partition coefficient (Wildman–Crippen LogP) is 3.61. The minimum absolute atomic E-state index is 0.0903. The molecule has 150 valence electrons. The molecule has 4 rings (SSSR count). The summed E-state index contributed by atoms with van der Waals surface area (Å²) >= 11 is 0. The van der Waals surface area contributed by atoms with Gasteiger partial charge in [-0.1, -0.05) is 17.3 Å². The highest BCUT2D eigenvalue weighted by molar-refractivity contribution is 5.89. The van der Waals surface area contributed by atoms with Crippen molar-refractivity contribution in [1.29, 1.82) is 0 Å². The summed E-state index contributed by atoms with van der Waals surface area (Å²) in [6.45, 7) is 2.52. The lowest BCUT2D eigenvalue weighted by molar-refractivity contribution is 0.0504. The largest absolute Gasteiger partial charge is 0.497 e. The summed E-state index contributed by atoms with van der Waals surface area (Å²) in [5.41, 5.74) is 1.76. The van der Waals surface area contributed by atoms with Crippen LogP contribution >= 0.6 is 0 Å². The van der Waals surface area contributed by atoms with Gasteiger partial charge < -0.3 is 14.2 Å². The number of carbonyl (C=O) groups excluding carboxylic acids is 1. The van der Waals surface area contributed by atoms with E-state index in [2.05, 4.69) is 10.3 Å². The standard InChI is InChI=1S/C21H27N3O4/c1-3-27-20(25)18-19(28-17-8-10-21(11-9-17)12-13-21)24(23-22-18)14-15-4-6-16(26-2)7-5-15/h4-7,17H,3,8-14H2,1-2H3. The van der Waals surface area contributed by atoms with E-state index < -0.39 is 5.97 Å². The number of aromatic nitrogens is 3. The maximum atomic E-state index is 12.3. The van der Waals surface area contributed by atoms with Gasteiger partial charge in [0, 0.05) is 0 Å². The molecule has 1 aromatic heterocycles. The fourth-order valence-electron chi connectivity index (χ4n) is 3.91. The molecule has 0 aliphatic heterocycles. The van der Waals surface area contributed by atoms with Crippen molar-refractivity contribution in [3.63, 3.8) is 0 Å². The van der Waals surface area contributed by atoms with Gasteiger partial charge in [0.15, 0.2) is 0 Å².